The molecule has 3 nitrogen and oxygen atoms in total. The Labute approximate surface area is 117 Å². The molecule has 0 unspecified atom stereocenters. The van der Waals surface area contributed by atoms with Crippen molar-refractivity contribution in [3.05, 3.63) is 47.9 Å². The first-order valence-corrected chi connectivity index (χ1v) is 5.77. The molecule has 21 heavy (non-hydrogen) atoms. The Bertz CT molecular complexity index is 692. The van der Waals surface area contributed by atoms with Gasteiger partial charge in [-0.05, 0) is 29.8 Å². The second-order valence-electron chi connectivity index (χ2n) is 4.09. The van der Waals surface area contributed by atoms with E-state index in [-0.39, 0.29) is 17.7 Å². The normalized spacial score (nSPS) is 11.0. The van der Waals surface area contributed by atoms with Gasteiger partial charge >= 0.3 is 6.36 Å². The molecule has 0 N–H and O–H groups in total. The summed E-state index contributed by atoms with van der Waals surface area (Å²) in [6, 6.07) is 9.46. The van der Waals surface area contributed by atoms with E-state index < -0.39 is 18.1 Å². The lowest BCUT2D eigenvalue weighted by atomic mass is 10.1. The van der Waals surface area contributed by atoms with E-state index in [0.29, 0.717) is 5.56 Å². The number of rotatable bonds is 3. The zero-order valence-corrected chi connectivity index (χ0v) is 10.5. The molecule has 7 heteroatoms. The summed E-state index contributed by atoms with van der Waals surface area (Å²) in [5.41, 5.74) is 0.783. The molecule has 2 aromatic rings. The number of nitriles is 1. The molecule has 0 saturated heterocycles. The van der Waals surface area contributed by atoms with Crippen molar-refractivity contribution in [3.8, 4) is 23.1 Å². The third-order valence-electron chi connectivity index (χ3n) is 2.50. The van der Waals surface area contributed by atoms with Crippen molar-refractivity contribution in [3.63, 3.8) is 0 Å². The molecule has 0 aliphatic heterocycles. The van der Waals surface area contributed by atoms with Crippen molar-refractivity contribution in [2.45, 2.75) is 12.8 Å². The monoisotopic (exact) mass is 296 g/mol. The Hall–Kier alpha value is -2.62. The maximum atomic E-state index is 13.4. The molecule has 1 aromatic carbocycles. The van der Waals surface area contributed by atoms with Gasteiger partial charge in [0, 0.05) is 5.56 Å². The van der Waals surface area contributed by atoms with Crippen LogP contribution in [0, 0.1) is 17.3 Å². The number of nitrogens with zero attached hydrogens (tertiary/aromatic N) is 2. The maximum Gasteiger partial charge on any atom is 0.573 e. The average Bonchev–Trinajstić information content (AvgIpc) is 2.36. The Morgan fingerprint density at radius 3 is 2.62 bits per heavy atom. The van der Waals surface area contributed by atoms with E-state index in [9.17, 15) is 17.6 Å². The summed E-state index contributed by atoms with van der Waals surface area (Å²) in [6.07, 6.45) is -4.83. The predicted octanol–water partition coefficient (Wildman–Crippen LogP) is 3.85. The van der Waals surface area contributed by atoms with Gasteiger partial charge in [-0.1, -0.05) is 12.1 Å². The Morgan fingerprint density at radius 2 is 1.95 bits per heavy atom. The second-order valence-corrected chi connectivity index (χ2v) is 4.09. The number of ether oxygens (including phenoxy) is 1. The smallest absolute Gasteiger partial charge is 0.406 e. The highest BCUT2D eigenvalue weighted by molar-refractivity contribution is 5.61. The minimum absolute atomic E-state index is 0.0226. The highest BCUT2D eigenvalue weighted by Gasteiger charge is 2.31. The molecule has 2 rings (SSSR count). The lowest BCUT2D eigenvalue weighted by molar-refractivity contribution is -0.274. The lowest BCUT2D eigenvalue weighted by Crippen LogP contribution is -2.17. The van der Waals surface area contributed by atoms with E-state index in [4.69, 9.17) is 5.26 Å². The van der Waals surface area contributed by atoms with Crippen molar-refractivity contribution in [1.82, 2.24) is 4.98 Å². The number of halogens is 4. The largest absolute Gasteiger partial charge is 0.573 e. The van der Waals surface area contributed by atoms with E-state index in [1.165, 1.54) is 18.2 Å². The van der Waals surface area contributed by atoms with Crippen LogP contribution in [0.4, 0.5) is 17.6 Å². The van der Waals surface area contributed by atoms with E-state index >= 15 is 0 Å². The summed E-state index contributed by atoms with van der Waals surface area (Å²) in [4.78, 5) is 3.61. The fraction of sp³-hybridized carbons (Fsp3) is 0.143. The highest BCUT2D eigenvalue weighted by atomic mass is 19.4. The molecule has 108 valence electrons. The van der Waals surface area contributed by atoms with Gasteiger partial charge in [0.2, 0.25) is 5.95 Å². The molecule has 0 amide bonds. The van der Waals surface area contributed by atoms with Crippen LogP contribution in [0.2, 0.25) is 0 Å². The van der Waals surface area contributed by atoms with Crippen LogP contribution >= 0.6 is 0 Å². The van der Waals surface area contributed by atoms with Crippen LogP contribution in [0.1, 0.15) is 5.56 Å². The maximum absolute atomic E-state index is 13.4. The zero-order chi connectivity index (χ0) is 15.5. The summed E-state index contributed by atoms with van der Waals surface area (Å²) < 4.78 is 53.7. The van der Waals surface area contributed by atoms with Crippen LogP contribution in [0.15, 0.2) is 36.4 Å². The van der Waals surface area contributed by atoms with Crippen molar-refractivity contribution < 1.29 is 22.3 Å². The molecule has 0 radical (unpaired) electrons. The van der Waals surface area contributed by atoms with Crippen LogP contribution in [0.5, 0.6) is 5.75 Å². The van der Waals surface area contributed by atoms with Crippen molar-refractivity contribution in [1.29, 1.82) is 5.26 Å². The van der Waals surface area contributed by atoms with Gasteiger partial charge in [-0.15, -0.1) is 13.2 Å². The van der Waals surface area contributed by atoms with E-state index in [2.05, 4.69) is 9.72 Å². The summed E-state index contributed by atoms with van der Waals surface area (Å²) >= 11 is 0. The van der Waals surface area contributed by atoms with E-state index in [1.54, 1.807) is 0 Å². The minimum atomic E-state index is -4.81. The SMILES string of the molecule is N#CCc1cc(F)nc(-c2cccc(OC(F)(F)F)c2)c1. The summed E-state index contributed by atoms with van der Waals surface area (Å²) in [7, 11) is 0. The average molecular weight is 296 g/mol. The van der Waals surface area contributed by atoms with Gasteiger partial charge in [0.05, 0.1) is 18.2 Å². The Kier molecular flexibility index (Phi) is 4.08. The minimum Gasteiger partial charge on any atom is -0.406 e. The predicted molar refractivity (Wildman–Crippen MR) is 65.6 cm³/mol. The summed E-state index contributed by atoms with van der Waals surface area (Å²) in [5, 5.41) is 8.61. The highest BCUT2D eigenvalue weighted by Crippen LogP contribution is 2.27. The number of benzene rings is 1. The fourth-order valence-electron chi connectivity index (χ4n) is 1.74. The van der Waals surface area contributed by atoms with Crippen LogP contribution in [-0.2, 0) is 6.42 Å². The number of hydrogen-bond donors (Lipinski definition) is 0. The first kappa shape index (κ1) is 14.8. The van der Waals surface area contributed by atoms with Gasteiger partial charge in [-0.2, -0.15) is 9.65 Å². The van der Waals surface area contributed by atoms with Crippen molar-refractivity contribution in [2.24, 2.45) is 0 Å². The number of hydrogen-bond acceptors (Lipinski definition) is 3. The number of alkyl halides is 3. The Balaban J connectivity index is 2.38. The van der Waals surface area contributed by atoms with Crippen LogP contribution in [0.3, 0.4) is 0 Å². The van der Waals surface area contributed by atoms with Crippen LogP contribution in [-0.4, -0.2) is 11.3 Å². The lowest BCUT2D eigenvalue weighted by Gasteiger charge is -2.10. The van der Waals surface area contributed by atoms with Gasteiger partial charge in [0.25, 0.3) is 0 Å². The molecule has 0 bridgehead atoms. The molecule has 0 spiro atoms. The van der Waals surface area contributed by atoms with E-state index in [0.717, 1.165) is 18.2 Å². The zero-order valence-electron chi connectivity index (χ0n) is 10.5. The fourth-order valence-corrected chi connectivity index (χ4v) is 1.74. The van der Waals surface area contributed by atoms with Crippen LogP contribution < -0.4 is 4.74 Å². The standard InChI is InChI=1S/C14H8F4N2O/c15-13-7-9(4-5-19)6-12(20-13)10-2-1-3-11(8-10)21-14(16,17)18/h1-3,6-8H,4H2. The molecular formula is C14H8F4N2O. The van der Waals surface area contributed by atoms with Gasteiger partial charge in [-0.25, -0.2) is 4.98 Å². The molecule has 0 aliphatic rings. The first-order valence-electron chi connectivity index (χ1n) is 5.77. The third kappa shape index (κ3) is 4.18. The number of pyridine rings is 1. The van der Waals surface area contributed by atoms with Gasteiger partial charge in [0.1, 0.15) is 5.75 Å². The quantitative estimate of drug-likeness (QED) is 0.638. The molecular weight excluding hydrogens is 288 g/mol. The van der Waals surface area contributed by atoms with Crippen molar-refractivity contribution >= 4 is 0 Å². The van der Waals surface area contributed by atoms with Gasteiger partial charge in [-0.3, -0.25) is 0 Å². The Morgan fingerprint density at radius 1 is 1.19 bits per heavy atom. The van der Waals surface area contributed by atoms with Crippen LogP contribution in [0.25, 0.3) is 11.3 Å². The molecule has 0 aliphatic carbocycles. The van der Waals surface area contributed by atoms with E-state index in [1.807, 2.05) is 6.07 Å². The molecule has 1 aromatic heterocycles. The number of aromatic nitrogens is 1. The summed E-state index contributed by atoms with van der Waals surface area (Å²) in [5.74, 6) is -1.23. The topological polar surface area (TPSA) is 45.9 Å². The van der Waals surface area contributed by atoms with Gasteiger partial charge < -0.3 is 4.74 Å². The van der Waals surface area contributed by atoms with Gasteiger partial charge in [0.15, 0.2) is 0 Å². The molecule has 0 atom stereocenters. The molecule has 1 heterocycles. The second kappa shape index (κ2) is 5.79. The van der Waals surface area contributed by atoms with Crippen molar-refractivity contribution in [2.75, 3.05) is 0 Å². The first-order chi connectivity index (χ1) is 9.87. The molecule has 0 saturated carbocycles. The third-order valence-corrected chi connectivity index (χ3v) is 2.50. The molecule has 0 fully saturated rings. The summed E-state index contributed by atoms with van der Waals surface area (Å²) in [6.45, 7) is 0.